The van der Waals surface area contributed by atoms with Gasteiger partial charge >= 0.3 is 0 Å². The van der Waals surface area contributed by atoms with Gasteiger partial charge in [-0.1, -0.05) is 12.2 Å². The largest absolute Gasteiger partial charge is 0.376 e. The predicted molar refractivity (Wildman–Crippen MR) is 71.2 cm³/mol. The molecule has 3 heteroatoms. The topological polar surface area (TPSA) is 24.5 Å². The number of hydrogen-bond donors (Lipinski definition) is 1. The van der Waals surface area contributed by atoms with Crippen LogP contribution in [0.4, 0.5) is 0 Å². The van der Waals surface area contributed by atoms with Gasteiger partial charge in [0.25, 0.3) is 0 Å². The molecular formula is C14H26N2O. The third kappa shape index (κ3) is 4.09. The van der Waals surface area contributed by atoms with Crippen LogP contribution in [0, 0.1) is 5.92 Å². The monoisotopic (exact) mass is 238 g/mol. The van der Waals surface area contributed by atoms with Crippen LogP contribution in [0.25, 0.3) is 0 Å². The standard InChI is InChI=1S/C14H26N2O/c1-11(2)10-17-7-6-16-9-14(13-4-5-13)15-8-12(16)3/h12-15H,1,4-10H2,2-3H3. The van der Waals surface area contributed by atoms with Crippen LogP contribution in [0.1, 0.15) is 26.7 Å². The fourth-order valence-corrected chi connectivity index (χ4v) is 2.50. The van der Waals surface area contributed by atoms with E-state index in [1.165, 1.54) is 19.4 Å². The van der Waals surface area contributed by atoms with E-state index in [2.05, 4.69) is 23.7 Å². The van der Waals surface area contributed by atoms with Crippen molar-refractivity contribution in [2.75, 3.05) is 32.8 Å². The van der Waals surface area contributed by atoms with Crippen molar-refractivity contribution in [3.63, 3.8) is 0 Å². The summed E-state index contributed by atoms with van der Waals surface area (Å²) in [6.45, 7) is 13.1. The number of nitrogens with one attached hydrogen (secondary N) is 1. The van der Waals surface area contributed by atoms with E-state index in [1.54, 1.807) is 0 Å². The lowest BCUT2D eigenvalue weighted by molar-refractivity contribution is 0.0760. The zero-order valence-electron chi connectivity index (χ0n) is 11.2. The molecule has 1 N–H and O–H groups in total. The van der Waals surface area contributed by atoms with E-state index >= 15 is 0 Å². The number of nitrogens with zero attached hydrogens (tertiary/aromatic N) is 1. The minimum absolute atomic E-state index is 0.637. The van der Waals surface area contributed by atoms with Crippen molar-refractivity contribution in [1.29, 1.82) is 0 Å². The van der Waals surface area contributed by atoms with Crippen LogP contribution in [0.3, 0.4) is 0 Å². The van der Waals surface area contributed by atoms with Gasteiger partial charge in [-0.3, -0.25) is 4.90 Å². The van der Waals surface area contributed by atoms with E-state index < -0.39 is 0 Å². The SMILES string of the molecule is C=C(C)COCCN1CC(C2CC2)NCC1C. The molecule has 2 rings (SSSR count). The minimum atomic E-state index is 0.637. The molecule has 2 aliphatic rings. The molecular weight excluding hydrogens is 212 g/mol. The average molecular weight is 238 g/mol. The maximum atomic E-state index is 5.60. The molecule has 0 aromatic carbocycles. The fourth-order valence-electron chi connectivity index (χ4n) is 2.50. The first-order valence-electron chi connectivity index (χ1n) is 6.86. The quantitative estimate of drug-likeness (QED) is 0.562. The summed E-state index contributed by atoms with van der Waals surface area (Å²) in [5, 5.41) is 3.67. The van der Waals surface area contributed by atoms with E-state index in [4.69, 9.17) is 4.74 Å². The number of piperazine rings is 1. The van der Waals surface area contributed by atoms with E-state index in [9.17, 15) is 0 Å². The summed E-state index contributed by atoms with van der Waals surface area (Å²) >= 11 is 0. The molecule has 1 heterocycles. The molecule has 2 unspecified atom stereocenters. The van der Waals surface area contributed by atoms with Crippen LogP contribution in [-0.4, -0.2) is 49.8 Å². The Morgan fingerprint density at radius 2 is 2.24 bits per heavy atom. The van der Waals surface area contributed by atoms with Gasteiger partial charge in [0.2, 0.25) is 0 Å². The second kappa shape index (κ2) is 5.98. The molecule has 0 bridgehead atoms. The first-order valence-corrected chi connectivity index (χ1v) is 6.86. The summed E-state index contributed by atoms with van der Waals surface area (Å²) in [5.74, 6) is 0.946. The molecule has 17 heavy (non-hydrogen) atoms. The summed E-state index contributed by atoms with van der Waals surface area (Å²) in [6.07, 6.45) is 2.85. The number of ether oxygens (including phenoxy) is 1. The minimum Gasteiger partial charge on any atom is -0.376 e. The molecule has 0 spiro atoms. The summed E-state index contributed by atoms with van der Waals surface area (Å²) in [5.41, 5.74) is 1.11. The molecule has 2 fully saturated rings. The Morgan fingerprint density at radius 3 is 2.88 bits per heavy atom. The molecule has 1 saturated heterocycles. The van der Waals surface area contributed by atoms with Crippen molar-refractivity contribution in [2.45, 2.75) is 38.8 Å². The Morgan fingerprint density at radius 1 is 1.47 bits per heavy atom. The van der Waals surface area contributed by atoms with Gasteiger partial charge in [0.1, 0.15) is 0 Å². The zero-order valence-corrected chi connectivity index (χ0v) is 11.2. The Balaban J connectivity index is 1.67. The van der Waals surface area contributed by atoms with Gasteiger partial charge in [-0.2, -0.15) is 0 Å². The maximum Gasteiger partial charge on any atom is 0.0672 e. The number of rotatable bonds is 6. The van der Waals surface area contributed by atoms with Crippen molar-refractivity contribution >= 4 is 0 Å². The third-order valence-electron chi connectivity index (χ3n) is 3.79. The first-order chi connectivity index (χ1) is 8.16. The number of hydrogen-bond acceptors (Lipinski definition) is 3. The molecule has 0 amide bonds. The highest BCUT2D eigenvalue weighted by Gasteiger charge is 2.35. The van der Waals surface area contributed by atoms with Crippen molar-refractivity contribution in [3.05, 3.63) is 12.2 Å². The summed E-state index contributed by atoms with van der Waals surface area (Å²) in [4.78, 5) is 2.57. The Hall–Kier alpha value is -0.380. The van der Waals surface area contributed by atoms with Gasteiger partial charge in [0.15, 0.2) is 0 Å². The smallest absolute Gasteiger partial charge is 0.0672 e. The highest BCUT2D eigenvalue weighted by atomic mass is 16.5. The second-order valence-electron chi connectivity index (χ2n) is 5.71. The maximum absolute atomic E-state index is 5.60. The van der Waals surface area contributed by atoms with Gasteiger partial charge in [0.05, 0.1) is 13.2 Å². The Kier molecular flexibility index (Phi) is 4.60. The van der Waals surface area contributed by atoms with Crippen LogP contribution in [0.5, 0.6) is 0 Å². The van der Waals surface area contributed by atoms with Crippen LogP contribution >= 0.6 is 0 Å². The Labute approximate surface area is 105 Å². The van der Waals surface area contributed by atoms with Crippen LogP contribution in [-0.2, 0) is 4.74 Å². The molecule has 1 aliphatic heterocycles. The predicted octanol–water partition coefficient (Wildman–Crippen LogP) is 1.65. The van der Waals surface area contributed by atoms with E-state index in [0.717, 1.165) is 37.2 Å². The van der Waals surface area contributed by atoms with Crippen molar-refractivity contribution < 1.29 is 4.74 Å². The van der Waals surface area contributed by atoms with Crippen molar-refractivity contribution in [3.8, 4) is 0 Å². The summed E-state index contributed by atoms with van der Waals surface area (Å²) < 4.78 is 5.60. The molecule has 1 aliphatic carbocycles. The lowest BCUT2D eigenvalue weighted by Crippen LogP contribution is -2.56. The molecule has 0 aromatic rings. The molecule has 98 valence electrons. The zero-order chi connectivity index (χ0) is 12.3. The molecule has 2 atom stereocenters. The van der Waals surface area contributed by atoms with Gasteiger partial charge in [-0.25, -0.2) is 0 Å². The average Bonchev–Trinajstić information content (AvgIpc) is 3.10. The molecule has 3 nitrogen and oxygen atoms in total. The van der Waals surface area contributed by atoms with E-state index in [1.807, 2.05) is 6.92 Å². The van der Waals surface area contributed by atoms with Gasteiger partial charge in [-0.15, -0.1) is 0 Å². The summed E-state index contributed by atoms with van der Waals surface area (Å²) in [7, 11) is 0. The second-order valence-corrected chi connectivity index (χ2v) is 5.71. The van der Waals surface area contributed by atoms with Crippen LogP contribution in [0.2, 0.25) is 0 Å². The van der Waals surface area contributed by atoms with Crippen molar-refractivity contribution in [2.24, 2.45) is 5.92 Å². The molecule has 1 saturated carbocycles. The molecule has 0 radical (unpaired) electrons. The van der Waals surface area contributed by atoms with Gasteiger partial charge in [-0.05, 0) is 32.6 Å². The van der Waals surface area contributed by atoms with Gasteiger partial charge < -0.3 is 10.1 Å². The van der Waals surface area contributed by atoms with E-state index in [-0.39, 0.29) is 0 Å². The summed E-state index contributed by atoms with van der Waals surface area (Å²) in [6, 6.07) is 1.37. The molecule has 0 aromatic heterocycles. The highest BCUT2D eigenvalue weighted by Crippen LogP contribution is 2.34. The van der Waals surface area contributed by atoms with Crippen molar-refractivity contribution in [1.82, 2.24) is 10.2 Å². The van der Waals surface area contributed by atoms with Crippen LogP contribution in [0.15, 0.2) is 12.2 Å². The first kappa shape index (κ1) is 13.1. The van der Waals surface area contributed by atoms with E-state index in [0.29, 0.717) is 12.6 Å². The third-order valence-corrected chi connectivity index (χ3v) is 3.79. The fraction of sp³-hybridized carbons (Fsp3) is 0.857. The normalized spacial score (nSPS) is 30.5. The van der Waals surface area contributed by atoms with Gasteiger partial charge in [0, 0.05) is 31.7 Å². The van der Waals surface area contributed by atoms with Crippen LogP contribution < -0.4 is 5.32 Å². The lowest BCUT2D eigenvalue weighted by atomic mass is 10.1. The highest BCUT2D eigenvalue weighted by molar-refractivity contribution is 4.93. The lowest BCUT2D eigenvalue weighted by Gasteiger charge is -2.39. The Bertz CT molecular complexity index is 263.